The van der Waals surface area contributed by atoms with Crippen LogP contribution in [0.2, 0.25) is 0 Å². The number of rotatable bonds is 6. The van der Waals surface area contributed by atoms with E-state index < -0.39 is 0 Å². The quantitative estimate of drug-likeness (QED) is 0.840. The fourth-order valence-electron chi connectivity index (χ4n) is 3.19. The van der Waals surface area contributed by atoms with Crippen LogP contribution in [-0.4, -0.2) is 19.2 Å². The number of nitrogens with one attached hydrogen (secondary N) is 1. The van der Waals surface area contributed by atoms with Crippen LogP contribution in [0.3, 0.4) is 0 Å². The first-order valence-corrected chi connectivity index (χ1v) is 8.08. The Morgan fingerprint density at radius 2 is 1.90 bits per heavy atom. The predicted octanol–water partition coefficient (Wildman–Crippen LogP) is 4.18. The van der Waals surface area contributed by atoms with Gasteiger partial charge in [-0.1, -0.05) is 31.9 Å². The third kappa shape index (κ3) is 4.52. The highest BCUT2D eigenvalue weighted by Crippen LogP contribution is 2.24. The molecule has 1 N–H and O–H groups in total. The van der Waals surface area contributed by atoms with E-state index in [1.54, 1.807) is 7.11 Å². The van der Waals surface area contributed by atoms with Crippen LogP contribution in [0.25, 0.3) is 0 Å². The Bertz CT molecular complexity index is 387. The maximum atomic E-state index is 5.19. The lowest BCUT2D eigenvalue weighted by atomic mass is 9.85. The molecule has 0 aromatic heterocycles. The summed E-state index contributed by atoms with van der Waals surface area (Å²) in [4.78, 5) is 0. The number of hydrogen-bond donors (Lipinski definition) is 1. The van der Waals surface area contributed by atoms with Crippen molar-refractivity contribution in [2.75, 3.05) is 7.11 Å². The number of methoxy groups -OCH3 is 1. The fourth-order valence-corrected chi connectivity index (χ4v) is 3.19. The van der Waals surface area contributed by atoms with E-state index in [0.717, 1.165) is 24.1 Å². The average molecular weight is 275 g/mol. The molecule has 1 aromatic carbocycles. The second-order valence-corrected chi connectivity index (χ2v) is 6.32. The summed E-state index contributed by atoms with van der Waals surface area (Å²) in [6.07, 6.45) is 7.90. The van der Waals surface area contributed by atoms with Crippen molar-refractivity contribution in [3.63, 3.8) is 0 Å². The minimum absolute atomic E-state index is 0.600. The number of ether oxygens (including phenoxy) is 1. The molecule has 1 fully saturated rings. The van der Waals surface area contributed by atoms with Gasteiger partial charge in [0.2, 0.25) is 0 Å². The summed E-state index contributed by atoms with van der Waals surface area (Å²) in [6, 6.07) is 9.79. The van der Waals surface area contributed by atoms with E-state index in [-0.39, 0.29) is 0 Å². The normalized spacial score (nSPS) is 24.4. The van der Waals surface area contributed by atoms with Gasteiger partial charge in [0.25, 0.3) is 0 Å². The van der Waals surface area contributed by atoms with Gasteiger partial charge in [-0.2, -0.15) is 0 Å². The Balaban J connectivity index is 1.74. The topological polar surface area (TPSA) is 21.3 Å². The average Bonchev–Trinajstić information content (AvgIpc) is 2.48. The molecule has 1 aromatic rings. The van der Waals surface area contributed by atoms with E-state index in [1.165, 1.54) is 37.7 Å². The smallest absolute Gasteiger partial charge is 0.118 e. The zero-order valence-corrected chi connectivity index (χ0v) is 13.2. The first-order valence-electron chi connectivity index (χ1n) is 8.08. The van der Waals surface area contributed by atoms with Crippen molar-refractivity contribution < 1.29 is 4.74 Å². The maximum Gasteiger partial charge on any atom is 0.118 e. The zero-order valence-electron chi connectivity index (χ0n) is 13.2. The van der Waals surface area contributed by atoms with Gasteiger partial charge in [0.05, 0.1) is 7.11 Å². The molecule has 1 aliphatic carbocycles. The number of hydrogen-bond acceptors (Lipinski definition) is 2. The summed E-state index contributed by atoms with van der Waals surface area (Å²) in [6.45, 7) is 4.72. The minimum atomic E-state index is 0.600. The Morgan fingerprint density at radius 1 is 1.20 bits per heavy atom. The molecule has 0 heterocycles. The van der Waals surface area contributed by atoms with Crippen LogP contribution in [0.5, 0.6) is 5.75 Å². The maximum absolute atomic E-state index is 5.19. The highest BCUT2D eigenvalue weighted by molar-refractivity contribution is 5.27. The van der Waals surface area contributed by atoms with Gasteiger partial charge in [-0.3, -0.25) is 0 Å². The number of aryl methyl sites for hydroxylation is 1. The largest absolute Gasteiger partial charge is 0.497 e. The van der Waals surface area contributed by atoms with Gasteiger partial charge in [0, 0.05) is 12.1 Å². The molecule has 0 unspecified atom stereocenters. The molecule has 0 radical (unpaired) electrons. The summed E-state index contributed by atoms with van der Waals surface area (Å²) in [5.74, 6) is 1.78. The molecule has 0 bridgehead atoms. The van der Waals surface area contributed by atoms with Crippen molar-refractivity contribution in [3.8, 4) is 5.75 Å². The van der Waals surface area contributed by atoms with Crippen molar-refractivity contribution in [3.05, 3.63) is 29.8 Å². The molecule has 3 atom stereocenters. The van der Waals surface area contributed by atoms with Crippen LogP contribution in [0.4, 0.5) is 0 Å². The van der Waals surface area contributed by atoms with Gasteiger partial charge < -0.3 is 10.1 Å². The fraction of sp³-hybridized carbons (Fsp3) is 0.667. The van der Waals surface area contributed by atoms with Crippen LogP contribution in [0, 0.1) is 5.92 Å². The zero-order chi connectivity index (χ0) is 14.4. The van der Waals surface area contributed by atoms with E-state index in [9.17, 15) is 0 Å². The molecule has 0 amide bonds. The standard InChI is InChI=1S/C18H29NO/c1-14-6-4-5-7-18(14)19-15(2)8-9-16-10-12-17(20-3)13-11-16/h10-15,18-19H,4-9H2,1-3H3/t14-,15+,18+/m1/s1. The van der Waals surface area contributed by atoms with Gasteiger partial charge in [-0.15, -0.1) is 0 Å². The molecule has 2 nitrogen and oxygen atoms in total. The van der Waals surface area contributed by atoms with Crippen molar-refractivity contribution in [1.82, 2.24) is 5.32 Å². The SMILES string of the molecule is COc1ccc(CC[C@H](C)N[C@H]2CCCC[C@H]2C)cc1. The summed E-state index contributed by atoms with van der Waals surface area (Å²) < 4.78 is 5.19. The summed E-state index contributed by atoms with van der Waals surface area (Å²) in [7, 11) is 1.71. The van der Waals surface area contributed by atoms with Gasteiger partial charge in [-0.25, -0.2) is 0 Å². The first kappa shape index (κ1) is 15.4. The van der Waals surface area contributed by atoms with E-state index >= 15 is 0 Å². The van der Waals surface area contributed by atoms with Crippen LogP contribution >= 0.6 is 0 Å². The Kier molecular flexibility index (Phi) is 5.90. The van der Waals surface area contributed by atoms with Crippen LogP contribution in [0.1, 0.15) is 51.5 Å². The molecule has 0 aliphatic heterocycles. The minimum Gasteiger partial charge on any atom is -0.497 e. The molecule has 0 saturated heterocycles. The second-order valence-electron chi connectivity index (χ2n) is 6.32. The Labute approximate surface area is 123 Å². The summed E-state index contributed by atoms with van der Waals surface area (Å²) >= 11 is 0. The lowest BCUT2D eigenvalue weighted by Crippen LogP contribution is -2.42. The van der Waals surface area contributed by atoms with Crippen molar-refractivity contribution in [1.29, 1.82) is 0 Å². The lowest BCUT2D eigenvalue weighted by Gasteiger charge is -2.32. The van der Waals surface area contributed by atoms with E-state index in [1.807, 2.05) is 0 Å². The van der Waals surface area contributed by atoms with E-state index in [4.69, 9.17) is 4.74 Å². The molecule has 1 saturated carbocycles. The predicted molar refractivity (Wildman–Crippen MR) is 85.3 cm³/mol. The third-order valence-electron chi connectivity index (χ3n) is 4.64. The summed E-state index contributed by atoms with van der Waals surface area (Å²) in [5.41, 5.74) is 1.40. The molecule has 2 heteroatoms. The molecule has 0 spiro atoms. The Morgan fingerprint density at radius 3 is 2.55 bits per heavy atom. The van der Waals surface area contributed by atoms with Gasteiger partial charge in [0.1, 0.15) is 5.75 Å². The molecule has 2 rings (SSSR count). The highest BCUT2D eigenvalue weighted by Gasteiger charge is 2.22. The first-order chi connectivity index (χ1) is 9.69. The molecule has 112 valence electrons. The second kappa shape index (κ2) is 7.68. The van der Waals surface area contributed by atoms with Crippen LogP contribution in [0.15, 0.2) is 24.3 Å². The Hall–Kier alpha value is -1.02. The van der Waals surface area contributed by atoms with Gasteiger partial charge >= 0.3 is 0 Å². The van der Waals surface area contributed by atoms with Crippen molar-refractivity contribution in [2.45, 2.75) is 64.5 Å². The lowest BCUT2D eigenvalue weighted by molar-refractivity contribution is 0.258. The molecular weight excluding hydrogens is 246 g/mol. The monoisotopic (exact) mass is 275 g/mol. The third-order valence-corrected chi connectivity index (χ3v) is 4.64. The molecule has 1 aliphatic rings. The van der Waals surface area contributed by atoms with Gasteiger partial charge in [-0.05, 0) is 56.2 Å². The summed E-state index contributed by atoms with van der Waals surface area (Å²) in [5, 5.41) is 3.84. The van der Waals surface area contributed by atoms with Gasteiger partial charge in [0.15, 0.2) is 0 Å². The van der Waals surface area contributed by atoms with Crippen molar-refractivity contribution in [2.24, 2.45) is 5.92 Å². The van der Waals surface area contributed by atoms with Crippen LogP contribution < -0.4 is 10.1 Å². The number of benzene rings is 1. The molecular formula is C18H29NO. The van der Waals surface area contributed by atoms with E-state index in [2.05, 4.69) is 43.4 Å². The molecule has 20 heavy (non-hydrogen) atoms. The highest BCUT2D eigenvalue weighted by atomic mass is 16.5. The van der Waals surface area contributed by atoms with Crippen LogP contribution in [-0.2, 0) is 6.42 Å². The van der Waals surface area contributed by atoms with E-state index in [0.29, 0.717) is 6.04 Å². The van der Waals surface area contributed by atoms with Crippen molar-refractivity contribution >= 4 is 0 Å².